The van der Waals surface area contributed by atoms with Gasteiger partial charge in [-0.15, -0.1) is 0 Å². The molecule has 3 heteroatoms. The zero-order valence-electron chi connectivity index (χ0n) is 15.7. The largest absolute Gasteiger partial charge is 0.259 e. The lowest BCUT2D eigenvalue weighted by Gasteiger charge is -2.20. The SMILES string of the molecule is CC1C=C(/N=C/c2ccc(C#Cc3ccccc3)cc2)N(c2ccccc2)N1. The molecular formula is C25H21N3. The molecule has 0 aromatic heterocycles. The Hall–Kier alpha value is -3.61. The molecule has 4 rings (SSSR count). The van der Waals surface area contributed by atoms with Gasteiger partial charge in [-0.1, -0.05) is 60.4 Å². The average molecular weight is 363 g/mol. The summed E-state index contributed by atoms with van der Waals surface area (Å²) in [5, 5.41) is 2.01. The van der Waals surface area contributed by atoms with Crippen molar-refractivity contribution in [2.24, 2.45) is 4.99 Å². The molecule has 1 heterocycles. The maximum absolute atomic E-state index is 4.69. The Labute approximate surface area is 166 Å². The zero-order chi connectivity index (χ0) is 19.2. The molecule has 0 fully saturated rings. The van der Waals surface area contributed by atoms with Crippen molar-refractivity contribution < 1.29 is 0 Å². The number of hydrogen-bond donors (Lipinski definition) is 1. The Morgan fingerprint density at radius 2 is 1.43 bits per heavy atom. The second kappa shape index (κ2) is 8.39. The molecule has 0 saturated carbocycles. The predicted molar refractivity (Wildman–Crippen MR) is 116 cm³/mol. The van der Waals surface area contributed by atoms with Gasteiger partial charge in [-0.3, -0.25) is 5.01 Å². The van der Waals surface area contributed by atoms with Crippen LogP contribution in [-0.2, 0) is 0 Å². The standard InChI is InChI=1S/C25H21N3/c1-20-18-25(28(27-20)24-10-6-3-7-11-24)26-19-23-16-14-22(15-17-23)13-12-21-8-4-2-5-9-21/h2-11,14-20,27H,1H3/b26-19+. The number of hydrogen-bond acceptors (Lipinski definition) is 3. The molecule has 3 aromatic rings. The quantitative estimate of drug-likeness (QED) is 0.537. The van der Waals surface area contributed by atoms with Crippen LogP contribution >= 0.6 is 0 Å². The lowest BCUT2D eigenvalue weighted by atomic mass is 10.1. The van der Waals surface area contributed by atoms with Gasteiger partial charge in [0.2, 0.25) is 0 Å². The summed E-state index contributed by atoms with van der Waals surface area (Å²) in [6, 6.07) is 28.6. The fourth-order valence-electron chi connectivity index (χ4n) is 2.95. The van der Waals surface area contributed by atoms with E-state index in [9.17, 15) is 0 Å². The van der Waals surface area contributed by atoms with E-state index in [0.717, 1.165) is 28.2 Å². The molecule has 0 radical (unpaired) electrons. The van der Waals surface area contributed by atoms with Crippen LogP contribution in [0, 0.1) is 11.8 Å². The first-order chi connectivity index (χ1) is 13.8. The molecule has 0 saturated heterocycles. The predicted octanol–water partition coefficient (Wildman–Crippen LogP) is 4.76. The Morgan fingerprint density at radius 1 is 0.821 bits per heavy atom. The summed E-state index contributed by atoms with van der Waals surface area (Å²) in [5.41, 5.74) is 7.52. The third-order valence-electron chi connectivity index (χ3n) is 4.36. The molecule has 1 unspecified atom stereocenters. The van der Waals surface area contributed by atoms with Gasteiger partial charge < -0.3 is 0 Å². The van der Waals surface area contributed by atoms with Crippen LogP contribution < -0.4 is 10.4 Å². The fourth-order valence-corrected chi connectivity index (χ4v) is 2.95. The minimum Gasteiger partial charge on any atom is -0.259 e. The monoisotopic (exact) mass is 363 g/mol. The number of benzene rings is 3. The summed E-state index contributed by atoms with van der Waals surface area (Å²) in [5.74, 6) is 7.27. The molecule has 0 spiro atoms. The van der Waals surface area contributed by atoms with Crippen molar-refractivity contribution in [3.8, 4) is 11.8 Å². The second-order valence-corrected chi connectivity index (χ2v) is 6.61. The zero-order valence-corrected chi connectivity index (χ0v) is 15.7. The first-order valence-electron chi connectivity index (χ1n) is 9.32. The highest BCUT2D eigenvalue weighted by molar-refractivity contribution is 5.81. The van der Waals surface area contributed by atoms with E-state index < -0.39 is 0 Å². The van der Waals surface area contributed by atoms with Crippen LogP contribution in [0.2, 0.25) is 0 Å². The van der Waals surface area contributed by atoms with Gasteiger partial charge >= 0.3 is 0 Å². The van der Waals surface area contributed by atoms with Crippen LogP contribution in [0.15, 0.2) is 102 Å². The van der Waals surface area contributed by atoms with Crippen molar-refractivity contribution in [1.82, 2.24) is 5.43 Å². The molecule has 1 aliphatic heterocycles. The van der Waals surface area contributed by atoms with Crippen LogP contribution in [0.3, 0.4) is 0 Å². The summed E-state index contributed by atoms with van der Waals surface area (Å²) in [6.07, 6.45) is 4.00. The Bertz CT molecular complexity index is 1040. The average Bonchev–Trinajstić information content (AvgIpc) is 3.13. The first kappa shape index (κ1) is 17.8. The molecule has 3 aromatic carbocycles. The molecule has 0 bridgehead atoms. The Morgan fingerprint density at radius 3 is 2.11 bits per heavy atom. The minimum absolute atomic E-state index is 0.239. The number of nitrogens with one attached hydrogen (secondary N) is 1. The number of aliphatic imine (C=N–C) groups is 1. The summed E-state index contributed by atoms with van der Waals surface area (Å²) >= 11 is 0. The first-order valence-corrected chi connectivity index (χ1v) is 9.32. The van der Waals surface area contributed by atoms with Crippen LogP contribution in [0.25, 0.3) is 0 Å². The number of hydrazine groups is 1. The molecule has 28 heavy (non-hydrogen) atoms. The van der Waals surface area contributed by atoms with Crippen molar-refractivity contribution >= 4 is 11.9 Å². The van der Waals surface area contributed by atoms with Gasteiger partial charge in [0.15, 0.2) is 0 Å². The fraction of sp³-hybridized carbons (Fsp3) is 0.0800. The van der Waals surface area contributed by atoms with Crippen molar-refractivity contribution in [1.29, 1.82) is 0 Å². The number of rotatable bonds is 3. The summed E-state index contributed by atoms with van der Waals surface area (Å²) in [4.78, 5) is 4.69. The highest BCUT2D eigenvalue weighted by atomic mass is 15.6. The number of nitrogens with zero attached hydrogens (tertiary/aromatic N) is 2. The molecule has 0 amide bonds. The van der Waals surface area contributed by atoms with Crippen LogP contribution in [0.5, 0.6) is 0 Å². The van der Waals surface area contributed by atoms with Crippen molar-refractivity contribution in [3.63, 3.8) is 0 Å². The van der Waals surface area contributed by atoms with Gasteiger partial charge in [-0.2, -0.15) is 0 Å². The highest BCUT2D eigenvalue weighted by Crippen LogP contribution is 2.22. The summed E-state index contributed by atoms with van der Waals surface area (Å²) in [7, 11) is 0. The smallest absolute Gasteiger partial charge is 0.145 e. The number of anilines is 1. The lowest BCUT2D eigenvalue weighted by Crippen LogP contribution is -2.35. The van der Waals surface area contributed by atoms with Crippen LogP contribution in [0.1, 0.15) is 23.6 Å². The third kappa shape index (κ3) is 4.37. The summed E-state index contributed by atoms with van der Waals surface area (Å²) in [6.45, 7) is 2.11. The maximum atomic E-state index is 4.69. The molecule has 1 atom stereocenters. The highest BCUT2D eigenvalue weighted by Gasteiger charge is 2.20. The van der Waals surface area contributed by atoms with E-state index in [1.165, 1.54) is 0 Å². The van der Waals surface area contributed by atoms with E-state index in [-0.39, 0.29) is 6.04 Å². The minimum atomic E-state index is 0.239. The van der Waals surface area contributed by atoms with Gasteiger partial charge in [0, 0.05) is 23.4 Å². The third-order valence-corrected chi connectivity index (χ3v) is 4.36. The van der Waals surface area contributed by atoms with Crippen LogP contribution in [-0.4, -0.2) is 12.3 Å². The summed E-state index contributed by atoms with van der Waals surface area (Å²) < 4.78 is 0. The topological polar surface area (TPSA) is 27.6 Å². The van der Waals surface area contributed by atoms with Crippen molar-refractivity contribution in [3.05, 3.63) is 114 Å². The van der Waals surface area contributed by atoms with Crippen molar-refractivity contribution in [2.75, 3.05) is 5.01 Å². The van der Waals surface area contributed by atoms with E-state index in [0.29, 0.717) is 0 Å². The van der Waals surface area contributed by atoms with Gasteiger partial charge in [-0.05, 0) is 55.0 Å². The van der Waals surface area contributed by atoms with E-state index >= 15 is 0 Å². The van der Waals surface area contributed by atoms with E-state index in [1.54, 1.807) is 0 Å². The van der Waals surface area contributed by atoms with Gasteiger partial charge in [0.05, 0.1) is 5.69 Å². The van der Waals surface area contributed by atoms with Gasteiger partial charge in [-0.25, -0.2) is 10.4 Å². The molecule has 3 nitrogen and oxygen atoms in total. The van der Waals surface area contributed by atoms with E-state index in [2.05, 4.69) is 47.4 Å². The van der Waals surface area contributed by atoms with Gasteiger partial charge in [0.1, 0.15) is 5.82 Å². The van der Waals surface area contributed by atoms with Gasteiger partial charge in [0.25, 0.3) is 0 Å². The molecule has 136 valence electrons. The molecule has 1 aliphatic rings. The van der Waals surface area contributed by atoms with E-state index in [4.69, 9.17) is 0 Å². The van der Waals surface area contributed by atoms with Crippen molar-refractivity contribution in [2.45, 2.75) is 13.0 Å². The Balaban J connectivity index is 1.47. The lowest BCUT2D eigenvalue weighted by molar-refractivity contribution is 0.673. The maximum Gasteiger partial charge on any atom is 0.145 e. The normalized spacial score (nSPS) is 16.0. The molecule has 1 N–H and O–H groups in total. The second-order valence-electron chi connectivity index (χ2n) is 6.61. The molecule has 0 aliphatic carbocycles. The molecular weight excluding hydrogens is 342 g/mol. The Kier molecular flexibility index (Phi) is 5.33. The van der Waals surface area contributed by atoms with E-state index in [1.807, 2.05) is 84.0 Å². The number of para-hydroxylation sites is 1. The van der Waals surface area contributed by atoms with Crippen LogP contribution in [0.4, 0.5) is 5.69 Å².